The zero-order chi connectivity index (χ0) is 10.5. The number of furan rings is 1. The Labute approximate surface area is 85.0 Å². The monoisotopic (exact) mass is 204 g/mol. The fourth-order valence-electron chi connectivity index (χ4n) is 0.962. The van der Waals surface area contributed by atoms with Crippen LogP contribution in [-0.2, 0) is 0 Å². The first-order valence-corrected chi connectivity index (χ1v) is 4.22. The van der Waals surface area contributed by atoms with Crippen LogP contribution < -0.4 is 5.43 Å². The van der Waals surface area contributed by atoms with Gasteiger partial charge in [-0.15, -0.1) is 0 Å². The average Bonchev–Trinajstić information content (AvgIpc) is 2.90. The van der Waals surface area contributed by atoms with Gasteiger partial charge in [0.1, 0.15) is 11.5 Å². The van der Waals surface area contributed by atoms with Gasteiger partial charge in [0.05, 0.1) is 12.5 Å². The summed E-state index contributed by atoms with van der Waals surface area (Å²) in [6.07, 6.45) is 4.43. The summed E-state index contributed by atoms with van der Waals surface area (Å²) in [5, 5.41) is 9.87. The Hall–Kier alpha value is -2.37. The fraction of sp³-hybridized carbons (Fsp3) is 0. The lowest BCUT2D eigenvalue weighted by molar-refractivity contribution is 0.0950. The summed E-state index contributed by atoms with van der Waals surface area (Å²) in [5.41, 5.74) is 2.68. The van der Waals surface area contributed by atoms with Gasteiger partial charge in [0.25, 0.3) is 5.91 Å². The van der Waals surface area contributed by atoms with Crippen molar-refractivity contribution in [3.8, 4) is 0 Å². The maximum atomic E-state index is 11.3. The molecule has 6 nitrogen and oxygen atoms in total. The molecule has 0 aliphatic heterocycles. The lowest BCUT2D eigenvalue weighted by atomic mass is 10.4. The number of amides is 1. The first kappa shape index (κ1) is 9.20. The van der Waals surface area contributed by atoms with Crippen LogP contribution in [0.4, 0.5) is 0 Å². The quantitative estimate of drug-likeness (QED) is 0.572. The molecule has 0 fully saturated rings. The number of carbonyl (C=O) groups is 1. The first-order chi connectivity index (χ1) is 7.36. The second kappa shape index (κ2) is 4.23. The molecule has 0 saturated carbocycles. The van der Waals surface area contributed by atoms with E-state index in [1.165, 1.54) is 18.7 Å². The van der Waals surface area contributed by atoms with E-state index in [4.69, 9.17) is 4.42 Å². The molecular formula is C9H8N4O2. The van der Waals surface area contributed by atoms with Crippen molar-refractivity contribution in [2.75, 3.05) is 0 Å². The van der Waals surface area contributed by atoms with Gasteiger partial charge in [0.15, 0.2) is 0 Å². The molecule has 2 rings (SSSR count). The van der Waals surface area contributed by atoms with Crippen LogP contribution in [-0.4, -0.2) is 22.3 Å². The Bertz CT molecular complexity index is 444. The van der Waals surface area contributed by atoms with Gasteiger partial charge in [-0.25, -0.2) is 5.43 Å². The highest BCUT2D eigenvalue weighted by atomic mass is 16.3. The predicted molar refractivity (Wildman–Crippen MR) is 52.4 cm³/mol. The molecule has 2 N–H and O–H groups in total. The van der Waals surface area contributed by atoms with Gasteiger partial charge in [0.2, 0.25) is 0 Å². The molecule has 2 aromatic rings. The Kier molecular flexibility index (Phi) is 2.59. The summed E-state index contributed by atoms with van der Waals surface area (Å²) < 4.78 is 4.99. The van der Waals surface area contributed by atoms with Crippen molar-refractivity contribution < 1.29 is 9.21 Å². The van der Waals surface area contributed by atoms with E-state index in [9.17, 15) is 4.79 Å². The summed E-state index contributed by atoms with van der Waals surface area (Å²) in [5.74, 6) is 0.218. The highest BCUT2D eigenvalue weighted by Crippen LogP contribution is 1.95. The molecule has 0 aliphatic carbocycles. The number of hydrazone groups is 1. The molecule has 1 amide bonds. The molecule has 0 saturated heterocycles. The molecule has 2 heterocycles. The number of aromatic nitrogens is 2. The normalized spacial score (nSPS) is 10.7. The van der Waals surface area contributed by atoms with Gasteiger partial charge >= 0.3 is 0 Å². The van der Waals surface area contributed by atoms with E-state index < -0.39 is 0 Å². The van der Waals surface area contributed by atoms with Crippen molar-refractivity contribution in [2.45, 2.75) is 0 Å². The van der Waals surface area contributed by atoms with Gasteiger partial charge in [0, 0.05) is 6.20 Å². The van der Waals surface area contributed by atoms with Gasteiger partial charge < -0.3 is 4.42 Å². The smallest absolute Gasteiger partial charge is 0.289 e. The highest BCUT2D eigenvalue weighted by molar-refractivity contribution is 5.92. The van der Waals surface area contributed by atoms with E-state index in [-0.39, 0.29) is 5.91 Å². The Balaban J connectivity index is 1.91. The van der Waals surface area contributed by atoms with Crippen molar-refractivity contribution in [2.24, 2.45) is 5.10 Å². The van der Waals surface area contributed by atoms with Crippen LogP contribution in [0.5, 0.6) is 0 Å². The molecule has 2 aromatic heterocycles. The van der Waals surface area contributed by atoms with Crippen LogP contribution in [0.1, 0.15) is 16.2 Å². The van der Waals surface area contributed by atoms with Crippen molar-refractivity contribution >= 4 is 12.1 Å². The van der Waals surface area contributed by atoms with Gasteiger partial charge in [-0.05, 0) is 18.2 Å². The third-order valence-electron chi connectivity index (χ3n) is 1.65. The van der Waals surface area contributed by atoms with Crippen LogP contribution in [0.15, 0.2) is 40.2 Å². The Morgan fingerprint density at radius 2 is 2.53 bits per heavy atom. The second-order valence-corrected chi connectivity index (χ2v) is 2.68. The van der Waals surface area contributed by atoms with E-state index in [0.717, 1.165) is 0 Å². The minimum Gasteiger partial charge on any atom is -0.463 e. The predicted octanol–water partition coefficient (Wildman–Crippen LogP) is 0.767. The molecule has 0 bridgehead atoms. The van der Waals surface area contributed by atoms with Crippen molar-refractivity contribution in [1.82, 2.24) is 15.6 Å². The highest BCUT2D eigenvalue weighted by Gasteiger charge is 2.03. The molecule has 0 aromatic carbocycles. The summed E-state index contributed by atoms with van der Waals surface area (Å²) in [6.45, 7) is 0. The third kappa shape index (κ3) is 2.31. The Morgan fingerprint density at radius 3 is 3.20 bits per heavy atom. The summed E-state index contributed by atoms with van der Waals surface area (Å²) in [4.78, 5) is 11.3. The number of H-pyrrole nitrogens is 1. The molecule has 6 heteroatoms. The maximum absolute atomic E-state index is 11.3. The van der Waals surface area contributed by atoms with Gasteiger partial charge in [-0.1, -0.05) is 0 Å². The van der Waals surface area contributed by atoms with Crippen molar-refractivity contribution in [3.05, 3.63) is 42.1 Å². The minimum absolute atomic E-state index is 0.352. The molecular weight excluding hydrogens is 196 g/mol. The lowest BCUT2D eigenvalue weighted by Gasteiger charge is -1.93. The Morgan fingerprint density at radius 1 is 1.60 bits per heavy atom. The largest absolute Gasteiger partial charge is 0.463 e. The van der Waals surface area contributed by atoms with Crippen LogP contribution >= 0.6 is 0 Å². The van der Waals surface area contributed by atoms with Crippen LogP contribution in [0, 0.1) is 0 Å². The first-order valence-electron chi connectivity index (χ1n) is 4.22. The van der Waals surface area contributed by atoms with Crippen molar-refractivity contribution in [1.29, 1.82) is 0 Å². The standard InChI is InChI=1S/C9H8N4O2/c14-9(8-3-4-10-12-8)13-11-6-7-2-1-5-15-7/h1-6H,(H,10,12)(H,13,14)/b11-6-. The second-order valence-electron chi connectivity index (χ2n) is 2.68. The topological polar surface area (TPSA) is 83.3 Å². The zero-order valence-corrected chi connectivity index (χ0v) is 7.68. The number of hydrogen-bond donors (Lipinski definition) is 2. The third-order valence-corrected chi connectivity index (χ3v) is 1.65. The fourth-order valence-corrected chi connectivity index (χ4v) is 0.962. The number of nitrogens with one attached hydrogen (secondary N) is 2. The number of carbonyl (C=O) groups excluding carboxylic acids is 1. The summed E-state index contributed by atoms with van der Waals surface area (Å²) >= 11 is 0. The van der Waals surface area contributed by atoms with E-state index in [2.05, 4.69) is 20.7 Å². The van der Waals surface area contributed by atoms with E-state index >= 15 is 0 Å². The summed E-state index contributed by atoms with van der Waals surface area (Å²) in [7, 11) is 0. The molecule has 0 atom stereocenters. The zero-order valence-electron chi connectivity index (χ0n) is 7.68. The average molecular weight is 204 g/mol. The van der Waals surface area contributed by atoms with E-state index in [1.54, 1.807) is 18.2 Å². The molecule has 15 heavy (non-hydrogen) atoms. The lowest BCUT2D eigenvalue weighted by Crippen LogP contribution is -2.17. The summed E-state index contributed by atoms with van der Waals surface area (Å²) in [6, 6.07) is 5.02. The molecule has 0 spiro atoms. The van der Waals surface area contributed by atoms with Crippen LogP contribution in [0.2, 0.25) is 0 Å². The van der Waals surface area contributed by atoms with Crippen LogP contribution in [0.3, 0.4) is 0 Å². The van der Waals surface area contributed by atoms with Crippen LogP contribution in [0.25, 0.3) is 0 Å². The number of nitrogens with zero attached hydrogens (tertiary/aromatic N) is 2. The molecule has 0 unspecified atom stereocenters. The number of hydrogen-bond acceptors (Lipinski definition) is 4. The van der Waals surface area contributed by atoms with Crippen molar-refractivity contribution in [3.63, 3.8) is 0 Å². The number of aromatic amines is 1. The van der Waals surface area contributed by atoms with E-state index in [0.29, 0.717) is 11.5 Å². The van der Waals surface area contributed by atoms with Gasteiger partial charge in [-0.3, -0.25) is 9.89 Å². The molecule has 0 aliphatic rings. The molecule has 76 valence electrons. The SMILES string of the molecule is O=C(N/N=C\c1ccco1)c1ccn[nH]1. The minimum atomic E-state index is -0.352. The number of rotatable bonds is 3. The van der Waals surface area contributed by atoms with Gasteiger partial charge in [-0.2, -0.15) is 10.2 Å². The van der Waals surface area contributed by atoms with E-state index in [1.807, 2.05) is 0 Å². The molecule has 0 radical (unpaired) electrons. The maximum Gasteiger partial charge on any atom is 0.289 e.